The molecule has 0 saturated carbocycles. The molecule has 5 nitrogen and oxygen atoms in total. The second-order valence-corrected chi connectivity index (χ2v) is 3.46. The number of aromatic amines is 1. The van der Waals surface area contributed by atoms with E-state index in [-0.39, 0.29) is 5.56 Å². The van der Waals surface area contributed by atoms with Crippen LogP contribution in [0.5, 0.6) is 0 Å². The smallest absolute Gasteiger partial charge is 0.256 e. The molecule has 3 N–H and O–H groups in total. The molecule has 0 unspecified atom stereocenters. The maximum absolute atomic E-state index is 11.7. The number of nitrogens with zero attached hydrogens (tertiary/aromatic N) is 2. The number of nitrogen functional groups attached to an aromatic ring is 1. The van der Waals surface area contributed by atoms with E-state index in [9.17, 15) is 4.79 Å². The van der Waals surface area contributed by atoms with Crippen molar-refractivity contribution in [3.05, 3.63) is 27.7 Å². The summed E-state index contributed by atoms with van der Waals surface area (Å²) in [6.07, 6.45) is 3.17. The Morgan fingerprint density at radius 3 is 2.80 bits per heavy atom. The van der Waals surface area contributed by atoms with Crippen LogP contribution in [-0.4, -0.2) is 14.6 Å². The van der Waals surface area contributed by atoms with Crippen molar-refractivity contribution in [2.75, 3.05) is 5.73 Å². The van der Waals surface area contributed by atoms with Gasteiger partial charge in [-0.15, -0.1) is 0 Å². The summed E-state index contributed by atoms with van der Waals surface area (Å²) in [6, 6.07) is 0. The highest BCUT2D eigenvalue weighted by Crippen LogP contribution is 2.13. The maximum Gasteiger partial charge on any atom is 0.256 e. The van der Waals surface area contributed by atoms with E-state index in [4.69, 9.17) is 5.73 Å². The van der Waals surface area contributed by atoms with Crippen LogP contribution in [0.4, 0.5) is 5.82 Å². The standard InChI is InChI=1S/C10H14N4O/c1-3-6-5-12-14-8(11)7(4-2)10(15)13-9(6)14/h5H,3-4,11H2,1-2H3,(H,13,15). The molecule has 0 saturated heterocycles. The van der Waals surface area contributed by atoms with Crippen LogP contribution in [0.15, 0.2) is 11.0 Å². The average Bonchev–Trinajstić information content (AvgIpc) is 2.61. The summed E-state index contributed by atoms with van der Waals surface area (Å²) in [5.74, 6) is 0.441. The van der Waals surface area contributed by atoms with Crippen LogP contribution in [0, 0.1) is 0 Å². The summed E-state index contributed by atoms with van der Waals surface area (Å²) in [4.78, 5) is 14.5. The number of aryl methyl sites for hydroxylation is 1. The lowest BCUT2D eigenvalue weighted by Crippen LogP contribution is -2.19. The van der Waals surface area contributed by atoms with Crippen LogP contribution in [0.1, 0.15) is 25.0 Å². The second kappa shape index (κ2) is 3.42. The Morgan fingerprint density at radius 2 is 2.20 bits per heavy atom. The van der Waals surface area contributed by atoms with Gasteiger partial charge >= 0.3 is 0 Å². The van der Waals surface area contributed by atoms with Gasteiger partial charge in [-0.2, -0.15) is 5.10 Å². The Labute approximate surface area is 86.9 Å². The molecule has 0 radical (unpaired) electrons. The molecular formula is C10H14N4O. The third-order valence-electron chi connectivity index (χ3n) is 2.62. The second-order valence-electron chi connectivity index (χ2n) is 3.46. The van der Waals surface area contributed by atoms with Gasteiger partial charge in [-0.1, -0.05) is 13.8 Å². The minimum Gasteiger partial charge on any atom is -0.383 e. The van der Waals surface area contributed by atoms with Crippen molar-refractivity contribution >= 4 is 11.5 Å². The molecule has 0 amide bonds. The first kappa shape index (κ1) is 9.76. The van der Waals surface area contributed by atoms with Crippen molar-refractivity contribution in [3.63, 3.8) is 0 Å². The van der Waals surface area contributed by atoms with Crippen molar-refractivity contribution in [3.8, 4) is 0 Å². The normalized spacial score (nSPS) is 11.1. The lowest BCUT2D eigenvalue weighted by atomic mass is 10.2. The predicted octanol–water partition coefficient (Wildman–Crippen LogP) is 0.730. The number of anilines is 1. The zero-order chi connectivity index (χ0) is 11.0. The lowest BCUT2D eigenvalue weighted by Gasteiger charge is -2.04. The molecular weight excluding hydrogens is 192 g/mol. The van der Waals surface area contributed by atoms with Crippen LogP contribution in [-0.2, 0) is 12.8 Å². The van der Waals surface area contributed by atoms with Crippen molar-refractivity contribution in [1.29, 1.82) is 0 Å². The predicted molar refractivity (Wildman–Crippen MR) is 59.0 cm³/mol. The van der Waals surface area contributed by atoms with E-state index in [1.54, 1.807) is 10.7 Å². The Balaban J connectivity index is 2.87. The Hall–Kier alpha value is -1.78. The first-order valence-corrected chi connectivity index (χ1v) is 5.06. The van der Waals surface area contributed by atoms with Crippen molar-refractivity contribution < 1.29 is 0 Å². The molecule has 15 heavy (non-hydrogen) atoms. The minimum atomic E-state index is -0.113. The van der Waals surface area contributed by atoms with E-state index in [1.165, 1.54) is 0 Å². The topological polar surface area (TPSA) is 76.2 Å². The van der Waals surface area contributed by atoms with Gasteiger partial charge in [0, 0.05) is 5.56 Å². The Kier molecular flexibility index (Phi) is 2.22. The number of rotatable bonds is 2. The summed E-state index contributed by atoms with van der Waals surface area (Å²) < 4.78 is 1.60. The van der Waals surface area contributed by atoms with Crippen LogP contribution in [0.3, 0.4) is 0 Å². The molecule has 80 valence electrons. The van der Waals surface area contributed by atoms with Gasteiger partial charge in [0.1, 0.15) is 11.5 Å². The molecule has 0 spiro atoms. The first-order valence-electron chi connectivity index (χ1n) is 5.06. The number of aromatic nitrogens is 3. The van der Waals surface area contributed by atoms with E-state index in [0.29, 0.717) is 23.4 Å². The molecule has 0 aliphatic rings. The van der Waals surface area contributed by atoms with Crippen LogP contribution in [0.2, 0.25) is 0 Å². The van der Waals surface area contributed by atoms with Crippen molar-refractivity contribution in [2.45, 2.75) is 26.7 Å². The van der Waals surface area contributed by atoms with Gasteiger partial charge in [0.25, 0.3) is 5.56 Å². The van der Waals surface area contributed by atoms with E-state index >= 15 is 0 Å². The largest absolute Gasteiger partial charge is 0.383 e. The minimum absolute atomic E-state index is 0.113. The quantitative estimate of drug-likeness (QED) is 0.760. The first-order chi connectivity index (χ1) is 7.19. The number of nitrogens with two attached hydrogens (primary N) is 1. The van der Waals surface area contributed by atoms with Crippen molar-refractivity contribution in [2.24, 2.45) is 0 Å². The van der Waals surface area contributed by atoms with Crippen LogP contribution >= 0.6 is 0 Å². The zero-order valence-corrected chi connectivity index (χ0v) is 8.87. The zero-order valence-electron chi connectivity index (χ0n) is 8.87. The monoisotopic (exact) mass is 206 g/mol. The maximum atomic E-state index is 11.7. The fraction of sp³-hybridized carbons (Fsp3) is 0.400. The number of hydrogen-bond donors (Lipinski definition) is 2. The molecule has 5 heteroatoms. The molecule has 0 aromatic carbocycles. The van der Waals surface area contributed by atoms with Gasteiger partial charge in [0.05, 0.1) is 11.8 Å². The van der Waals surface area contributed by atoms with Gasteiger partial charge < -0.3 is 10.7 Å². The van der Waals surface area contributed by atoms with E-state index in [0.717, 1.165) is 12.0 Å². The lowest BCUT2D eigenvalue weighted by molar-refractivity contribution is 0.910. The molecule has 0 fully saturated rings. The third kappa shape index (κ3) is 1.31. The summed E-state index contributed by atoms with van der Waals surface area (Å²) in [7, 11) is 0. The molecule has 0 bridgehead atoms. The molecule has 2 aromatic heterocycles. The highest BCUT2D eigenvalue weighted by molar-refractivity contribution is 5.54. The SMILES string of the molecule is CCc1c(N)n2ncc(CC)c2[nH]c1=O. The van der Waals surface area contributed by atoms with E-state index in [1.807, 2.05) is 13.8 Å². The summed E-state index contributed by atoms with van der Waals surface area (Å²) >= 11 is 0. The molecule has 0 aliphatic heterocycles. The van der Waals surface area contributed by atoms with Crippen molar-refractivity contribution in [1.82, 2.24) is 14.6 Å². The van der Waals surface area contributed by atoms with Crippen LogP contribution in [0.25, 0.3) is 5.65 Å². The van der Waals surface area contributed by atoms with Gasteiger partial charge in [-0.3, -0.25) is 4.79 Å². The number of nitrogens with one attached hydrogen (secondary N) is 1. The fourth-order valence-electron chi connectivity index (χ4n) is 1.73. The number of H-pyrrole nitrogens is 1. The average molecular weight is 206 g/mol. The van der Waals surface area contributed by atoms with Gasteiger partial charge in [0.15, 0.2) is 0 Å². The molecule has 2 rings (SSSR count). The molecule has 0 aliphatic carbocycles. The summed E-state index contributed by atoms with van der Waals surface area (Å²) in [6.45, 7) is 3.91. The van der Waals surface area contributed by atoms with E-state index in [2.05, 4.69) is 10.1 Å². The Bertz CT molecular complexity index is 552. The number of fused-ring (bicyclic) bond motifs is 1. The summed E-state index contributed by atoms with van der Waals surface area (Å²) in [5.41, 5.74) is 8.06. The van der Waals surface area contributed by atoms with Gasteiger partial charge in [-0.05, 0) is 12.8 Å². The van der Waals surface area contributed by atoms with Crippen LogP contribution < -0.4 is 11.3 Å². The molecule has 0 atom stereocenters. The highest BCUT2D eigenvalue weighted by Gasteiger charge is 2.11. The van der Waals surface area contributed by atoms with Gasteiger partial charge in [0.2, 0.25) is 0 Å². The highest BCUT2D eigenvalue weighted by atomic mass is 16.1. The molecule has 2 aromatic rings. The van der Waals surface area contributed by atoms with Gasteiger partial charge in [-0.25, -0.2) is 4.52 Å². The molecule has 2 heterocycles. The third-order valence-corrected chi connectivity index (χ3v) is 2.62. The Morgan fingerprint density at radius 1 is 1.47 bits per heavy atom. The summed E-state index contributed by atoms with van der Waals surface area (Å²) in [5, 5.41) is 4.16. The number of hydrogen-bond acceptors (Lipinski definition) is 3. The fourth-order valence-corrected chi connectivity index (χ4v) is 1.73. The van der Waals surface area contributed by atoms with E-state index < -0.39 is 0 Å².